The number of aromatic nitrogens is 1. The number of hydrogen-bond donors (Lipinski definition) is 1. The van der Waals surface area contributed by atoms with Crippen molar-refractivity contribution in [3.8, 4) is 11.8 Å². The van der Waals surface area contributed by atoms with Crippen LogP contribution in [0, 0.1) is 18.8 Å². The summed E-state index contributed by atoms with van der Waals surface area (Å²) in [5, 5.41) is 0.463. The molecule has 0 aliphatic rings. The van der Waals surface area contributed by atoms with Crippen molar-refractivity contribution in [1.82, 2.24) is 4.98 Å². The van der Waals surface area contributed by atoms with Crippen molar-refractivity contribution in [3.63, 3.8) is 0 Å². The highest BCUT2D eigenvalue weighted by Gasteiger charge is 1.99. The number of pyridine rings is 1. The van der Waals surface area contributed by atoms with E-state index in [1.54, 1.807) is 6.20 Å². The van der Waals surface area contributed by atoms with Crippen LogP contribution in [0.3, 0.4) is 0 Å². The first-order chi connectivity index (χ1) is 6.25. The first-order valence-electron chi connectivity index (χ1n) is 4.05. The van der Waals surface area contributed by atoms with E-state index >= 15 is 0 Å². The van der Waals surface area contributed by atoms with Crippen molar-refractivity contribution in [2.24, 2.45) is 5.73 Å². The lowest BCUT2D eigenvalue weighted by Crippen LogP contribution is -1.95. The minimum absolute atomic E-state index is 0.463. The van der Waals surface area contributed by atoms with E-state index in [2.05, 4.69) is 16.8 Å². The molecular formula is C10H11ClN2. The van der Waals surface area contributed by atoms with Gasteiger partial charge in [0.2, 0.25) is 0 Å². The molecule has 1 heterocycles. The second-order valence-electron chi connectivity index (χ2n) is 2.63. The van der Waals surface area contributed by atoms with Gasteiger partial charge in [0.25, 0.3) is 0 Å². The fourth-order valence-electron chi connectivity index (χ4n) is 0.898. The molecule has 0 saturated carbocycles. The van der Waals surface area contributed by atoms with E-state index in [0.717, 1.165) is 11.1 Å². The monoisotopic (exact) mass is 194 g/mol. The molecule has 3 heteroatoms. The van der Waals surface area contributed by atoms with Gasteiger partial charge in [0.1, 0.15) is 5.15 Å². The van der Waals surface area contributed by atoms with Crippen LogP contribution in [0.4, 0.5) is 0 Å². The zero-order valence-corrected chi connectivity index (χ0v) is 8.23. The first kappa shape index (κ1) is 10.0. The summed E-state index contributed by atoms with van der Waals surface area (Å²) in [6, 6.07) is 1.89. The first-order valence-corrected chi connectivity index (χ1v) is 4.43. The quantitative estimate of drug-likeness (QED) is 0.547. The third-order valence-electron chi connectivity index (χ3n) is 1.60. The van der Waals surface area contributed by atoms with E-state index < -0.39 is 0 Å². The van der Waals surface area contributed by atoms with Gasteiger partial charge < -0.3 is 5.73 Å². The second-order valence-corrected chi connectivity index (χ2v) is 2.99. The standard InChI is InChI=1S/C10H11ClN2/c1-8-5-7-13-10(11)9(8)4-2-3-6-12/h5,7H,3,6,12H2,1H3. The Morgan fingerprint density at radius 3 is 3.00 bits per heavy atom. The molecule has 0 fully saturated rings. The molecule has 0 unspecified atom stereocenters. The Kier molecular flexibility index (Phi) is 3.75. The molecule has 2 N–H and O–H groups in total. The topological polar surface area (TPSA) is 38.9 Å². The van der Waals surface area contributed by atoms with Crippen LogP contribution in [0.1, 0.15) is 17.5 Å². The molecule has 1 rings (SSSR count). The van der Waals surface area contributed by atoms with E-state index in [-0.39, 0.29) is 0 Å². The Balaban J connectivity index is 2.95. The number of halogens is 1. The molecule has 68 valence electrons. The van der Waals surface area contributed by atoms with E-state index in [4.69, 9.17) is 17.3 Å². The van der Waals surface area contributed by atoms with Crippen molar-refractivity contribution < 1.29 is 0 Å². The highest BCUT2D eigenvalue weighted by molar-refractivity contribution is 6.30. The van der Waals surface area contributed by atoms with Crippen molar-refractivity contribution in [2.45, 2.75) is 13.3 Å². The predicted molar refractivity (Wildman–Crippen MR) is 54.5 cm³/mol. The molecule has 0 radical (unpaired) electrons. The molecule has 1 aromatic rings. The van der Waals surface area contributed by atoms with Crippen LogP contribution in [0.15, 0.2) is 12.3 Å². The Morgan fingerprint density at radius 1 is 1.62 bits per heavy atom. The zero-order chi connectivity index (χ0) is 9.68. The molecule has 0 saturated heterocycles. The van der Waals surface area contributed by atoms with Crippen LogP contribution in [0.5, 0.6) is 0 Å². The van der Waals surface area contributed by atoms with Crippen molar-refractivity contribution >= 4 is 11.6 Å². The Morgan fingerprint density at radius 2 is 2.38 bits per heavy atom. The summed E-state index contributed by atoms with van der Waals surface area (Å²) >= 11 is 5.86. The summed E-state index contributed by atoms with van der Waals surface area (Å²) < 4.78 is 0. The molecule has 13 heavy (non-hydrogen) atoms. The van der Waals surface area contributed by atoms with Crippen LogP contribution in [-0.2, 0) is 0 Å². The molecule has 1 aromatic heterocycles. The molecule has 0 atom stereocenters. The highest BCUT2D eigenvalue weighted by Crippen LogP contribution is 2.14. The lowest BCUT2D eigenvalue weighted by Gasteiger charge is -1.98. The Bertz CT molecular complexity index is 329. The summed E-state index contributed by atoms with van der Waals surface area (Å²) in [6.45, 7) is 2.53. The van der Waals surface area contributed by atoms with Crippen LogP contribution in [0.2, 0.25) is 5.15 Å². The maximum Gasteiger partial charge on any atom is 0.144 e. The molecule has 0 aromatic carbocycles. The fraction of sp³-hybridized carbons (Fsp3) is 0.300. The molecule has 0 aliphatic heterocycles. The van der Waals surface area contributed by atoms with Crippen LogP contribution in [0.25, 0.3) is 0 Å². The minimum atomic E-state index is 0.463. The van der Waals surface area contributed by atoms with Gasteiger partial charge in [0.15, 0.2) is 0 Å². The van der Waals surface area contributed by atoms with Crippen molar-refractivity contribution in [3.05, 3.63) is 28.5 Å². The smallest absolute Gasteiger partial charge is 0.144 e. The average molecular weight is 195 g/mol. The molecule has 0 aliphatic carbocycles. The number of hydrogen-bond acceptors (Lipinski definition) is 2. The van der Waals surface area contributed by atoms with E-state index in [0.29, 0.717) is 18.1 Å². The number of nitrogens with zero attached hydrogens (tertiary/aromatic N) is 1. The van der Waals surface area contributed by atoms with Gasteiger partial charge in [-0.1, -0.05) is 23.4 Å². The van der Waals surface area contributed by atoms with Gasteiger partial charge in [-0.2, -0.15) is 0 Å². The minimum Gasteiger partial charge on any atom is -0.330 e. The number of nitrogens with two attached hydrogens (primary N) is 1. The zero-order valence-electron chi connectivity index (χ0n) is 7.47. The molecule has 0 spiro atoms. The van der Waals surface area contributed by atoms with Gasteiger partial charge in [-0.25, -0.2) is 4.98 Å². The van der Waals surface area contributed by atoms with Crippen molar-refractivity contribution in [1.29, 1.82) is 0 Å². The van der Waals surface area contributed by atoms with Crippen LogP contribution in [-0.4, -0.2) is 11.5 Å². The third kappa shape index (κ3) is 2.73. The van der Waals surface area contributed by atoms with E-state index in [1.807, 2.05) is 13.0 Å². The predicted octanol–water partition coefficient (Wildman–Crippen LogP) is 1.74. The maximum absolute atomic E-state index is 5.86. The molecule has 0 bridgehead atoms. The summed E-state index contributed by atoms with van der Waals surface area (Å²) in [7, 11) is 0. The molecular weight excluding hydrogens is 184 g/mol. The molecule has 2 nitrogen and oxygen atoms in total. The van der Waals surface area contributed by atoms with Crippen LogP contribution < -0.4 is 5.73 Å². The SMILES string of the molecule is Cc1ccnc(Cl)c1C#CCCN. The fourth-order valence-corrected chi connectivity index (χ4v) is 1.15. The summed E-state index contributed by atoms with van der Waals surface area (Å²) in [5.74, 6) is 5.89. The van der Waals surface area contributed by atoms with E-state index in [1.165, 1.54) is 0 Å². The van der Waals surface area contributed by atoms with Gasteiger partial charge >= 0.3 is 0 Å². The van der Waals surface area contributed by atoms with Gasteiger partial charge in [-0.3, -0.25) is 0 Å². The average Bonchev–Trinajstić information content (AvgIpc) is 2.10. The largest absolute Gasteiger partial charge is 0.330 e. The van der Waals surface area contributed by atoms with Gasteiger partial charge in [0, 0.05) is 19.2 Å². The third-order valence-corrected chi connectivity index (χ3v) is 1.88. The maximum atomic E-state index is 5.86. The number of rotatable bonds is 1. The number of aryl methyl sites for hydroxylation is 1. The van der Waals surface area contributed by atoms with Crippen LogP contribution >= 0.6 is 11.6 Å². The Labute approximate surface area is 83.1 Å². The highest BCUT2D eigenvalue weighted by atomic mass is 35.5. The summed E-state index contributed by atoms with van der Waals surface area (Å²) in [4.78, 5) is 3.95. The van der Waals surface area contributed by atoms with E-state index in [9.17, 15) is 0 Å². The Hall–Kier alpha value is -1.04. The normalized spacial score (nSPS) is 9.15. The second kappa shape index (κ2) is 4.86. The summed E-state index contributed by atoms with van der Waals surface area (Å²) in [6.07, 6.45) is 2.36. The van der Waals surface area contributed by atoms with Gasteiger partial charge in [0.05, 0.1) is 5.56 Å². The summed E-state index contributed by atoms with van der Waals surface area (Å²) in [5.41, 5.74) is 7.17. The lowest BCUT2D eigenvalue weighted by molar-refractivity contribution is 1.03. The van der Waals surface area contributed by atoms with Crippen molar-refractivity contribution in [2.75, 3.05) is 6.54 Å². The van der Waals surface area contributed by atoms with Gasteiger partial charge in [-0.15, -0.1) is 0 Å². The lowest BCUT2D eigenvalue weighted by atomic mass is 10.1. The molecule has 0 amide bonds. The van der Waals surface area contributed by atoms with Gasteiger partial charge in [-0.05, 0) is 18.6 Å².